The van der Waals surface area contributed by atoms with Crippen molar-refractivity contribution in [3.63, 3.8) is 0 Å². The molecule has 0 spiro atoms. The van der Waals surface area contributed by atoms with Gasteiger partial charge in [-0.1, -0.05) is 0 Å². The normalized spacial score (nSPS) is 14.5. The first-order valence-corrected chi connectivity index (χ1v) is 10.2. The molecule has 0 aromatic heterocycles. The van der Waals surface area contributed by atoms with Gasteiger partial charge in [-0.2, -0.15) is 11.8 Å². The molecule has 13 nitrogen and oxygen atoms in total. The summed E-state index contributed by atoms with van der Waals surface area (Å²) in [6, 6.07) is -5.02. The van der Waals surface area contributed by atoms with Gasteiger partial charge in [0.25, 0.3) is 0 Å². The van der Waals surface area contributed by atoms with Gasteiger partial charge in [-0.25, -0.2) is 4.79 Å². The number of carboxylic acid groups (broad SMARTS) is 1. The first kappa shape index (κ1) is 27.1. The van der Waals surface area contributed by atoms with Gasteiger partial charge in [0, 0.05) is 0 Å². The van der Waals surface area contributed by atoms with Gasteiger partial charge < -0.3 is 38.3 Å². The van der Waals surface area contributed by atoms with Crippen LogP contribution in [0.4, 0.5) is 0 Å². The number of primary amides is 2. The first-order chi connectivity index (χ1) is 13.9. The Morgan fingerprint density at radius 2 is 1.40 bits per heavy atom. The van der Waals surface area contributed by atoms with E-state index in [4.69, 9.17) is 22.3 Å². The average molecular weight is 449 g/mol. The molecule has 0 saturated carbocycles. The van der Waals surface area contributed by atoms with E-state index >= 15 is 0 Å². The van der Waals surface area contributed by atoms with E-state index in [0.29, 0.717) is 5.75 Å². The van der Waals surface area contributed by atoms with Crippen molar-refractivity contribution in [2.75, 3.05) is 12.0 Å². The van der Waals surface area contributed by atoms with Crippen LogP contribution >= 0.6 is 11.8 Å². The number of aliphatic carboxylic acids is 1. The van der Waals surface area contributed by atoms with E-state index in [1.54, 1.807) is 6.26 Å². The molecule has 0 aliphatic carbocycles. The van der Waals surface area contributed by atoms with Crippen LogP contribution in [0, 0.1) is 0 Å². The maximum Gasteiger partial charge on any atom is 0.326 e. The monoisotopic (exact) mass is 448 g/mol. The second kappa shape index (κ2) is 13.4. The summed E-state index contributed by atoms with van der Waals surface area (Å²) in [5.41, 5.74) is 15.4. The minimum absolute atomic E-state index is 0.156. The predicted octanol–water partition coefficient (Wildman–Crippen LogP) is -3.62. The van der Waals surface area contributed by atoms with Crippen molar-refractivity contribution >= 4 is 47.3 Å². The first-order valence-electron chi connectivity index (χ1n) is 8.84. The average Bonchev–Trinajstić information content (AvgIpc) is 2.62. The molecular weight excluding hydrogens is 420 g/mol. The molecule has 0 aliphatic heterocycles. The van der Waals surface area contributed by atoms with Gasteiger partial charge in [0.2, 0.25) is 29.5 Å². The topological polar surface area (TPSA) is 237 Å². The summed E-state index contributed by atoms with van der Waals surface area (Å²) >= 11 is 1.39. The van der Waals surface area contributed by atoms with Crippen LogP contribution in [0.5, 0.6) is 0 Å². The minimum Gasteiger partial charge on any atom is -0.480 e. The van der Waals surface area contributed by atoms with Gasteiger partial charge >= 0.3 is 5.97 Å². The fourth-order valence-corrected chi connectivity index (χ4v) is 2.64. The molecule has 0 bridgehead atoms. The number of carbonyl (C=O) groups is 6. The molecule has 0 aliphatic rings. The predicted molar refractivity (Wildman–Crippen MR) is 108 cm³/mol. The van der Waals surface area contributed by atoms with Crippen molar-refractivity contribution in [3.05, 3.63) is 0 Å². The van der Waals surface area contributed by atoms with Crippen LogP contribution in [0.15, 0.2) is 0 Å². The Kier molecular flexibility index (Phi) is 12.1. The Hall–Kier alpha value is -2.87. The van der Waals surface area contributed by atoms with Crippen LogP contribution in [0.3, 0.4) is 0 Å². The molecule has 0 aromatic rings. The zero-order valence-corrected chi connectivity index (χ0v) is 17.5. The highest BCUT2D eigenvalue weighted by molar-refractivity contribution is 7.98. The van der Waals surface area contributed by atoms with Crippen molar-refractivity contribution in [3.8, 4) is 0 Å². The number of hydrogen-bond donors (Lipinski definition) is 7. The van der Waals surface area contributed by atoms with Gasteiger partial charge in [0.1, 0.15) is 18.1 Å². The van der Waals surface area contributed by atoms with E-state index in [2.05, 4.69) is 16.0 Å². The molecule has 14 heteroatoms. The van der Waals surface area contributed by atoms with Crippen LogP contribution in [0.25, 0.3) is 0 Å². The number of nitrogens with one attached hydrogen (secondary N) is 3. The van der Waals surface area contributed by atoms with Crippen LogP contribution in [-0.2, 0) is 28.8 Å². The highest BCUT2D eigenvalue weighted by Gasteiger charge is 2.29. The Labute approximate surface area is 177 Å². The van der Waals surface area contributed by atoms with E-state index in [0.717, 1.165) is 0 Å². The van der Waals surface area contributed by atoms with E-state index in [1.807, 2.05) is 0 Å². The Bertz CT molecular complexity index is 674. The molecule has 5 amide bonds. The minimum atomic E-state index is -1.55. The van der Waals surface area contributed by atoms with Gasteiger partial charge in [0.15, 0.2) is 0 Å². The lowest BCUT2D eigenvalue weighted by Gasteiger charge is -2.23. The molecule has 170 valence electrons. The molecule has 0 saturated heterocycles. The summed E-state index contributed by atoms with van der Waals surface area (Å²) in [4.78, 5) is 69.7. The number of hydrogen-bond acceptors (Lipinski definition) is 8. The zero-order chi connectivity index (χ0) is 23.4. The summed E-state index contributed by atoms with van der Waals surface area (Å²) in [7, 11) is 0. The van der Waals surface area contributed by atoms with Gasteiger partial charge in [-0.3, -0.25) is 24.0 Å². The van der Waals surface area contributed by atoms with Crippen molar-refractivity contribution in [2.24, 2.45) is 17.2 Å². The lowest BCUT2D eigenvalue weighted by atomic mass is 10.1. The number of carbonyl (C=O) groups excluding carboxylic acids is 5. The highest BCUT2D eigenvalue weighted by Crippen LogP contribution is 2.04. The SMILES string of the molecule is CSCCC(NC(=O)C(C)NC(=O)C(N)CC(N)=O)C(=O)NC(CC(N)=O)C(=O)O. The van der Waals surface area contributed by atoms with E-state index in [1.165, 1.54) is 18.7 Å². The van der Waals surface area contributed by atoms with Gasteiger partial charge in [0.05, 0.1) is 18.9 Å². The van der Waals surface area contributed by atoms with Gasteiger partial charge in [-0.15, -0.1) is 0 Å². The molecule has 0 radical (unpaired) electrons. The molecule has 10 N–H and O–H groups in total. The molecule has 4 atom stereocenters. The van der Waals surface area contributed by atoms with E-state index < -0.39 is 72.5 Å². The van der Waals surface area contributed by atoms with Crippen LogP contribution in [-0.4, -0.2) is 76.8 Å². The Morgan fingerprint density at radius 3 is 1.87 bits per heavy atom. The number of nitrogens with two attached hydrogens (primary N) is 3. The lowest BCUT2D eigenvalue weighted by molar-refractivity contribution is -0.143. The summed E-state index contributed by atoms with van der Waals surface area (Å²) < 4.78 is 0. The Balaban J connectivity index is 5.08. The molecule has 0 fully saturated rings. The summed E-state index contributed by atoms with van der Waals surface area (Å²) in [5.74, 6) is -5.05. The van der Waals surface area contributed by atoms with Crippen molar-refractivity contribution in [1.82, 2.24) is 16.0 Å². The smallest absolute Gasteiger partial charge is 0.326 e. The van der Waals surface area contributed by atoms with Crippen molar-refractivity contribution in [2.45, 2.75) is 50.4 Å². The van der Waals surface area contributed by atoms with Crippen LogP contribution in [0.1, 0.15) is 26.2 Å². The molecular formula is C16H28N6O7S. The molecule has 30 heavy (non-hydrogen) atoms. The second-order valence-corrected chi connectivity index (χ2v) is 7.41. The number of amides is 5. The number of rotatable bonds is 14. The molecule has 0 rings (SSSR count). The zero-order valence-electron chi connectivity index (χ0n) is 16.7. The summed E-state index contributed by atoms with van der Waals surface area (Å²) in [5, 5.41) is 16.0. The number of carboxylic acids is 1. The third-order valence-corrected chi connectivity index (χ3v) is 4.42. The summed E-state index contributed by atoms with van der Waals surface area (Å²) in [6.45, 7) is 1.33. The summed E-state index contributed by atoms with van der Waals surface area (Å²) in [6.07, 6.45) is 0.903. The molecule has 0 heterocycles. The third-order valence-electron chi connectivity index (χ3n) is 3.77. The maximum absolute atomic E-state index is 12.4. The fourth-order valence-electron chi connectivity index (χ4n) is 2.17. The quantitative estimate of drug-likeness (QED) is 0.139. The van der Waals surface area contributed by atoms with E-state index in [9.17, 15) is 28.8 Å². The Morgan fingerprint density at radius 1 is 0.867 bits per heavy atom. The second-order valence-electron chi connectivity index (χ2n) is 6.42. The molecule has 4 unspecified atom stereocenters. The largest absolute Gasteiger partial charge is 0.480 e. The van der Waals surface area contributed by atoms with Crippen molar-refractivity contribution in [1.29, 1.82) is 0 Å². The van der Waals surface area contributed by atoms with Crippen molar-refractivity contribution < 1.29 is 33.9 Å². The lowest BCUT2D eigenvalue weighted by Crippen LogP contribution is -2.56. The molecule has 0 aromatic carbocycles. The van der Waals surface area contributed by atoms with Crippen LogP contribution in [0.2, 0.25) is 0 Å². The van der Waals surface area contributed by atoms with E-state index in [-0.39, 0.29) is 6.42 Å². The van der Waals surface area contributed by atoms with Gasteiger partial charge in [-0.05, 0) is 25.4 Å². The maximum atomic E-state index is 12.4. The fraction of sp³-hybridized carbons (Fsp3) is 0.625. The van der Waals surface area contributed by atoms with Crippen LogP contribution < -0.4 is 33.2 Å². The standard InChI is InChI=1S/C16H28N6O7S/c1-7(20-14(26)8(17)5-11(18)23)13(25)21-9(3-4-30-2)15(27)22-10(16(28)29)6-12(19)24/h7-10H,3-6,17H2,1-2H3,(H2,18,23)(H2,19,24)(H,20,26)(H,21,25)(H,22,27)(H,28,29). The number of thioether (sulfide) groups is 1. The third kappa shape index (κ3) is 10.6. The highest BCUT2D eigenvalue weighted by atomic mass is 32.2.